The van der Waals surface area contributed by atoms with Gasteiger partial charge >= 0.3 is 0 Å². The molecule has 0 bridgehead atoms. The predicted octanol–water partition coefficient (Wildman–Crippen LogP) is 2.57. The van der Waals surface area contributed by atoms with Crippen LogP contribution < -0.4 is 4.90 Å². The average molecular weight is 269 g/mol. The molecule has 0 radical (unpaired) electrons. The van der Waals surface area contributed by atoms with Crippen molar-refractivity contribution in [2.24, 2.45) is 5.92 Å². The number of alkyl halides is 1. The highest BCUT2D eigenvalue weighted by atomic mass is 35.5. The van der Waals surface area contributed by atoms with Crippen molar-refractivity contribution in [2.75, 3.05) is 18.0 Å². The Hall–Kier alpha value is -1.36. The summed E-state index contributed by atoms with van der Waals surface area (Å²) < 4.78 is 15.4. The fraction of sp³-hybridized carbons (Fsp3) is 0.500. The number of aromatic nitrogens is 3. The molecule has 0 saturated carbocycles. The number of imidazole rings is 1. The summed E-state index contributed by atoms with van der Waals surface area (Å²) in [4.78, 5) is 6.34. The Bertz CT molecular complexity index is 583. The molecule has 1 saturated heterocycles. The Morgan fingerprint density at radius 2 is 2.17 bits per heavy atom. The van der Waals surface area contributed by atoms with Crippen molar-refractivity contribution < 1.29 is 4.39 Å². The van der Waals surface area contributed by atoms with E-state index in [0.717, 1.165) is 11.3 Å². The van der Waals surface area contributed by atoms with E-state index in [4.69, 9.17) is 11.6 Å². The van der Waals surface area contributed by atoms with Crippen molar-refractivity contribution in [3.63, 3.8) is 0 Å². The Morgan fingerprint density at radius 3 is 2.83 bits per heavy atom. The highest BCUT2D eigenvalue weighted by molar-refractivity contribution is 6.29. The summed E-state index contributed by atoms with van der Waals surface area (Å²) >= 11 is 5.97. The van der Waals surface area contributed by atoms with Crippen LogP contribution in [0.3, 0.4) is 0 Å². The Labute approximate surface area is 109 Å². The fourth-order valence-corrected chi connectivity index (χ4v) is 2.40. The van der Waals surface area contributed by atoms with Gasteiger partial charge in [0.2, 0.25) is 0 Å². The van der Waals surface area contributed by atoms with E-state index in [0.29, 0.717) is 18.2 Å². The van der Waals surface area contributed by atoms with Crippen LogP contribution in [0.15, 0.2) is 18.5 Å². The van der Waals surface area contributed by atoms with E-state index in [1.165, 1.54) is 0 Å². The molecule has 0 aliphatic carbocycles. The van der Waals surface area contributed by atoms with Crippen LogP contribution in [-0.2, 0) is 0 Å². The van der Waals surface area contributed by atoms with E-state index >= 15 is 0 Å². The zero-order valence-corrected chi connectivity index (χ0v) is 11.0. The SMILES string of the molecule is CC(C)(F)C1CN(c2cc(Cl)nn3ccnc23)C1. The molecule has 96 valence electrons. The van der Waals surface area contributed by atoms with Gasteiger partial charge in [-0.05, 0) is 13.8 Å². The number of fused-ring (bicyclic) bond motifs is 1. The first kappa shape index (κ1) is 11.7. The number of hydrogen-bond acceptors (Lipinski definition) is 3. The number of nitrogens with zero attached hydrogens (tertiary/aromatic N) is 4. The molecule has 0 aromatic carbocycles. The summed E-state index contributed by atoms with van der Waals surface area (Å²) in [7, 11) is 0. The summed E-state index contributed by atoms with van der Waals surface area (Å²) in [5, 5.41) is 4.54. The number of anilines is 1. The van der Waals surface area contributed by atoms with Crippen LogP contribution in [0.1, 0.15) is 13.8 Å². The normalized spacial score (nSPS) is 17.2. The molecular weight excluding hydrogens is 255 g/mol. The molecule has 4 nitrogen and oxygen atoms in total. The lowest BCUT2D eigenvalue weighted by Gasteiger charge is -2.45. The van der Waals surface area contributed by atoms with Crippen LogP contribution in [0.25, 0.3) is 5.65 Å². The lowest BCUT2D eigenvalue weighted by molar-refractivity contribution is 0.102. The maximum absolute atomic E-state index is 13.8. The summed E-state index contributed by atoms with van der Waals surface area (Å²) in [5.41, 5.74) is 0.536. The Morgan fingerprint density at radius 1 is 1.44 bits per heavy atom. The van der Waals surface area contributed by atoms with E-state index in [1.54, 1.807) is 36.8 Å². The van der Waals surface area contributed by atoms with E-state index in [9.17, 15) is 4.39 Å². The van der Waals surface area contributed by atoms with Crippen molar-refractivity contribution in [1.82, 2.24) is 14.6 Å². The third-order valence-electron chi connectivity index (χ3n) is 3.50. The van der Waals surface area contributed by atoms with Crippen LogP contribution in [0.4, 0.5) is 10.1 Å². The molecule has 1 aliphatic rings. The molecule has 3 rings (SSSR count). The largest absolute Gasteiger partial charge is 0.367 e. The minimum absolute atomic E-state index is 0.0550. The zero-order chi connectivity index (χ0) is 12.9. The van der Waals surface area contributed by atoms with Gasteiger partial charge in [-0.15, -0.1) is 0 Å². The Kier molecular flexibility index (Phi) is 2.48. The molecule has 2 aromatic rings. The third-order valence-corrected chi connectivity index (χ3v) is 3.69. The molecular formula is C12H14ClFN4. The molecule has 3 heterocycles. The van der Waals surface area contributed by atoms with Crippen molar-refractivity contribution in [1.29, 1.82) is 0 Å². The first-order chi connectivity index (χ1) is 8.45. The molecule has 2 aromatic heterocycles. The molecule has 0 amide bonds. The minimum atomic E-state index is -1.14. The van der Waals surface area contributed by atoms with Crippen LogP contribution in [0.2, 0.25) is 5.15 Å². The number of hydrogen-bond donors (Lipinski definition) is 0. The van der Waals surface area contributed by atoms with E-state index in [1.807, 2.05) is 0 Å². The maximum atomic E-state index is 13.8. The second-order valence-corrected chi connectivity index (χ2v) is 5.60. The molecule has 1 fully saturated rings. The fourth-order valence-electron chi connectivity index (χ4n) is 2.21. The van der Waals surface area contributed by atoms with Crippen LogP contribution in [0.5, 0.6) is 0 Å². The lowest BCUT2D eigenvalue weighted by atomic mass is 9.85. The highest BCUT2D eigenvalue weighted by Gasteiger charge is 2.39. The van der Waals surface area contributed by atoms with Crippen molar-refractivity contribution in [3.8, 4) is 0 Å². The van der Waals surface area contributed by atoms with Gasteiger partial charge in [0, 0.05) is 37.5 Å². The quantitative estimate of drug-likeness (QED) is 0.839. The van der Waals surface area contributed by atoms with Gasteiger partial charge in [-0.3, -0.25) is 0 Å². The number of halogens is 2. The van der Waals surface area contributed by atoms with Gasteiger partial charge in [-0.2, -0.15) is 5.10 Å². The van der Waals surface area contributed by atoms with Crippen molar-refractivity contribution in [3.05, 3.63) is 23.6 Å². The van der Waals surface area contributed by atoms with Gasteiger partial charge in [-0.1, -0.05) is 11.6 Å². The van der Waals surface area contributed by atoms with Gasteiger partial charge in [0.1, 0.15) is 5.67 Å². The second kappa shape index (κ2) is 3.82. The molecule has 0 unspecified atom stereocenters. The van der Waals surface area contributed by atoms with Gasteiger partial charge in [0.15, 0.2) is 10.8 Å². The minimum Gasteiger partial charge on any atom is -0.367 e. The van der Waals surface area contributed by atoms with E-state index in [-0.39, 0.29) is 5.92 Å². The highest BCUT2D eigenvalue weighted by Crippen LogP contribution is 2.35. The smallest absolute Gasteiger partial charge is 0.177 e. The first-order valence-electron chi connectivity index (χ1n) is 5.89. The first-order valence-corrected chi connectivity index (χ1v) is 6.27. The Balaban J connectivity index is 1.90. The molecule has 1 aliphatic heterocycles. The monoisotopic (exact) mass is 268 g/mol. The topological polar surface area (TPSA) is 33.4 Å². The van der Waals surface area contributed by atoms with E-state index in [2.05, 4.69) is 15.0 Å². The number of rotatable bonds is 2. The predicted molar refractivity (Wildman–Crippen MR) is 68.9 cm³/mol. The van der Waals surface area contributed by atoms with Gasteiger partial charge in [0.25, 0.3) is 0 Å². The van der Waals surface area contributed by atoms with Crippen LogP contribution in [0, 0.1) is 5.92 Å². The maximum Gasteiger partial charge on any atom is 0.177 e. The summed E-state index contributed by atoms with van der Waals surface area (Å²) in [6.07, 6.45) is 3.43. The molecule has 0 spiro atoms. The molecule has 0 N–H and O–H groups in total. The van der Waals surface area contributed by atoms with Crippen molar-refractivity contribution in [2.45, 2.75) is 19.5 Å². The molecule has 0 atom stereocenters. The van der Waals surface area contributed by atoms with Gasteiger partial charge < -0.3 is 4.90 Å². The van der Waals surface area contributed by atoms with Crippen LogP contribution >= 0.6 is 11.6 Å². The van der Waals surface area contributed by atoms with Crippen molar-refractivity contribution >= 4 is 22.9 Å². The lowest BCUT2D eigenvalue weighted by Crippen LogP contribution is -2.54. The third kappa shape index (κ3) is 1.82. The zero-order valence-electron chi connectivity index (χ0n) is 10.3. The average Bonchev–Trinajstić information content (AvgIpc) is 2.59. The second-order valence-electron chi connectivity index (χ2n) is 5.21. The van der Waals surface area contributed by atoms with Crippen LogP contribution in [-0.4, -0.2) is 33.4 Å². The van der Waals surface area contributed by atoms with Gasteiger partial charge in [0.05, 0.1) is 5.69 Å². The molecule has 6 heteroatoms. The van der Waals surface area contributed by atoms with E-state index < -0.39 is 5.67 Å². The van der Waals surface area contributed by atoms with Gasteiger partial charge in [-0.25, -0.2) is 13.9 Å². The summed E-state index contributed by atoms with van der Waals surface area (Å²) in [6, 6.07) is 1.78. The summed E-state index contributed by atoms with van der Waals surface area (Å²) in [5.74, 6) is 0.0550. The molecule has 18 heavy (non-hydrogen) atoms. The standard InChI is InChI=1S/C12H14ClFN4/c1-12(2,14)8-6-17(7-8)9-5-10(13)16-18-4-3-15-11(9)18/h3-5,8H,6-7H2,1-2H3. The summed E-state index contributed by atoms with van der Waals surface area (Å²) in [6.45, 7) is 4.62.